The van der Waals surface area contributed by atoms with E-state index in [1.165, 1.54) is 5.56 Å². The zero-order valence-corrected chi connectivity index (χ0v) is 13.6. The average molecular weight is 302 g/mol. The van der Waals surface area contributed by atoms with Crippen molar-refractivity contribution < 1.29 is 0 Å². The van der Waals surface area contributed by atoms with E-state index in [0.29, 0.717) is 5.11 Å². The Morgan fingerprint density at radius 1 is 1.24 bits per heavy atom. The molecule has 0 amide bonds. The van der Waals surface area contributed by atoms with Crippen LogP contribution in [-0.4, -0.2) is 14.9 Å². The van der Waals surface area contributed by atoms with Crippen molar-refractivity contribution in [2.24, 2.45) is 0 Å². The summed E-state index contributed by atoms with van der Waals surface area (Å²) in [6.45, 7) is 7.16. The van der Waals surface area contributed by atoms with Crippen molar-refractivity contribution in [3.63, 3.8) is 0 Å². The highest BCUT2D eigenvalue weighted by molar-refractivity contribution is 7.80. The predicted octanol–water partition coefficient (Wildman–Crippen LogP) is 3.51. The molecule has 0 saturated carbocycles. The summed E-state index contributed by atoms with van der Waals surface area (Å²) in [6, 6.07) is 10.4. The van der Waals surface area contributed by atoms with Crippen molar-refractivity contribution in [1.29, 1.82) is 0 Å². The minimum absolute atomic E-state index is 0.113. The van der Waals surface area contributed by atoms with Gasteiger partial charge in [0.15, 0.2) is 5.11 Å². The maximum Gasteiger partial charge on any atom is 0.171 e. The predicted molar refractivity (Wildman–Crippen MR) is 91.5 cm³/mol. The molecular weight excluding hydrogens is 280 g/mol. The summed E-state index contributed by atoms with van der Waals surface area (Å²) in [5, 5.41) is 11.4. The lowest BCUT2D eigenvalue weighted by molar-refractivity contribution is 0.568. The Hall–Kier alpha value is -1.88. The van der Waals surface area contributed by atoms with Crippen molar-refractivity contribution in [1.82, 2.24) is 15.1 Å². The molecule has 2 aromatic rings. The molecule has 4 nitrogen and oxygen atoms in total. The first-order chi connectivity index (χ1) is 10.1. The maximum atomic E-state index is 5.38. The Morgan fingerprint density at radius 2 is 1.95 bits per heavy atom. The Balaban J connectivity index is 1.94. The first-order valence-electron chi connectivity index (χ1n) is 7.32. The molecule has 0 aliphatic carbocycles. The number of thiocarbonyl (C=S) groups is 1. The molecule has 21 heavy (non-hydrogen) atoms. The van der Waals surface area contributed by atoms with Crippen LogP contribution < -0.4 is 10.6 Å². The molecule has 1 heterocycles. The third kappa shape index (κ3) is 4.04. The number of anilines is 1. The summed E-state index contributed by atoms with van der Waals surface area (Å²) in [4.78, 5) is 0. The molecule has 1 aromatic carbocycles. The lowest BCUT2D eigenvalue weighted by Gasteiger charge is -2.18. The van der Waals surface area contributed by atoms with Crippen LogP contribution in [0.2, 0.25) is 0 Å². The van der Waals surface area contributed by atoms with E-state index in [0.717, 1.165) is 24.3 Å². The lowest BCUT2D eigenvalue weighted by Crippen LogP contribution is -2.32. The van der Waals surface area contributed by atoms with Crippen LogP contribution in [-0.2, 0) is 13.0 Å². The summed E-state index contributed by atoms with van der Waals surface area (Å²) in [6.07, 6.45) is 2.86. The zero-order chi connectivity index (χ0) is 15.2. The monoisotopic (exact) mass is 302 g/mol. The molecule has 0 fully saturated rings. The molecule has 1 unspecified atom stereocenters. The van der Waals surface area contributed by atoms with Crippen LogP contribution in [0.1, 0.15) is 38.1 Å². The Kier molecular flexibility index (Phi) is 5.33. The molecule has 112 valence electrons. The van der Waals surface area contributed by atoms with E-state index in [9.17, 15) is 0 Å². The molecule has 2 N–H and O–H groups in total. The van der Waals surface area contributed by atoms with Crippen LogP contribution in [0.5, 0.6) is 0 Å². The molecule has 5 heteroatoms. The minimum Gasteiger partial charge on any atom is -0.354 e. The van der Waals surface area contributed by atoms with Gasteiger partial charge in [0, 0.05) is 18.4 Å². The van der Waals surface area contributed by atoms with Crippen molar-refractivity contribution in [3.8, 4) is 0 Å². The Morgan fingerprint density at radius 3 is 2.57 bits per heavy atom. The van der Waals surface area contributed by atoms with Crippen LogP contribution in [0.4, 0.5) is 5.69 Å². The molecule has 0 bridgehead atoms. The number of hydrogen-bond acceptors (Lipinski definition) is 2. The number of nitrogens with one attached hydrogen (secondary N) is 2. The van der Waals surface area contributed by atoms with Gasteiger partial charge < -0.3 is 10.6 Å². The van der Waals surface area contributed by atoms with Crippen molar-refractivity contribution in [3.05, 3.63) is 47.8 Å². The summed E-state index contributed by atoms with van der Waals surface area (Å²) >= 11 is 5.38. The van der Waals surface area contributed by atoms with Crippen molar-refractivity contribution in [2.75, 3.05) is 5.32 Å². The molecule has 0 saturated heterocycles. The van der Waals surface area contributed by atoms with Crippen LogP contribution in [0.3, 0.4) is 0 Å². The largest absolute Gasteiger partial charge is 0.354 e. The molecule has 0 aliphatic rings. The van der Waals surface area contributed by atoms with Crippen molar-refractivity contribution >= 4 is 23.0 Å². The SMILES string of the molecule is CCc1ccc(NC(=S)NC(C)c2ccnn2CC)cc1. The summed E-state index contributed by atoms with van der Waals surface area (Å²) < 4.78 is 1.97. The third-order valence-electron chi connectivity index (χ3n) is 3.46. The van der Waals surface area contributed by atoms with Crippen molar-refractivity contribution in [2.45, 2.75) is 39.8 Å². The average Bonchev–Trinajstić information content (AvgIpc) is 2.96. The number of nitrogens with zero attached hydrogens (tertiary/aromatic N) is 2. The van der Waals surface area contributed by atoms with Crippen LogP contribution >= 0.6 is 12.2 Å². The summed E-state index contributed by atoms with van der Waals surface area (Å²) in [7, 11) is 0. The van der Waals surface area contributed by atoms with Gasteiger partial charge in [-0.3, -0.25) is 4.68 Å². The van der Waals surface area contributed by atoms with E-state index in [2.05, 4.69) is 48.6 Å². The van der Waals surface area contributed by atoms with Gasteiger partial charge in [0.2, 0.25) is 0 Å². The Labute approximate surface area is 131 Å². The van der Waals surface area contributed by atoms with Gasteiger partial charge in [-0.05, 0) is 56.2 Å². The standard InChI is InChI=1S/C16H22N4S/c1-4-13-6-8-14(9-7-13)19-16(21)18-12(3)15-10-11-17-20(15)5-2/h6-12H,4-5H2,1-3H3,(H2,18,19,21). The topological polar surface area (TPSA) is 41.9 Å². The van der Waals surface area contributed by atoms with E-state index < -0.39 is 0 Å². The molecule has 1 aromatic heterocycles. The van der Waals surface area contributed by atoms with Gasteiger partial charge in [-0.1, -0.05) is 19.1 Å². The highest BCUT2D eigenvalue weighted by Crippen LogP contribution is 2.13. The third-order valence-corrected chi connectivity index (χ3v) is 3.68. The van der Waals surface area contributed by atoms with E-state index in [-0.39, 0.29) is 6.04 Å². The van der Waals surface area contributed by atoms with Gasteiger partial charge in [-0.25, -0.2) is 0 Å². The molecule has 0 aliphatic heterocycles. The lowest BCUT2D eigenvalue weighted by atomic mass is 10.1. The number of rotatable bonds is 5. The van der Waals surface area contributed by atoms with E-state index >= 15 is 0 Å². The zero-order valence-electron chi connectivity index (χ0n) is 12.8. The van der Waals surface area contributed by atoms with Gasteiger partial charge in [-0.2, -0.15) is 5.10 Å². The Bertz CT molecular complexity index is 589. The quantitative estimate of drug-likeness (QED) is 0.829. The fourth-order valence-corrected chi connectivity index (χ4v) is 2.53. The highest BCUT2D eigenvalue weighted by atomic mass is 32.1. The summed E-state index contributed by atoms with van der Waals surface area (Å²) in [5.41, 5.74) is 3.45. The van der Waals surface area contributed by atoms with Gasteiger partial charge in [0.25, 0.3) is 0 Å². The second kappa shape index (κ2) is 7.22. The smallest absolute Gasteiger partial charge is 0.171 e. The number of hydrogen-bond donors (Lipinski definition) is 2. The fraction of sp³-hybridized carbons (Fsp3) is 0.375. The van der Waals surface area contributed by atoms with Crippen LogP contribution in [0.25, 0.3) is 0 Å². The van der Waals surface area contributed by atoms with E-state index in [1.54, 1.807) is 0 Å². The van der Waals surface area contributed by atoms with E-state index in [1.807, 2.05) is 29.1 Å². The summed E-state index contributed by atoms with van der Waals surface area (Å²) in [5.74, 6) is 0. The van der Waals surface area contributed by atoms with Crippen LogP contribution in [0, 0.1) is 0 Å². The minimum atomic E-state index is 0.113. The number of aromatic nitrogens is 2. The second-order valence-corrected chi connectivity index (χ2v) is 5.35. The fourth-order valence-electron chi connectivity index (χ4n) is 2.24. The highest BCUT2D eigenvalue weighted by Gasteiger charge is 2.11. The molecule has 2 rings (SSSR count). The maximum absolute atomic E-state index is 5.38. The van der Waals surface area contributed by atoms with Gasteiger partial charge >= 0.3 is 0 Å². The normalized spacial score (nSPS) is 12.0. The first kappa shape index (κ1) is 15.5. The molecule has 1 atom stereocenters. The molecule has 0 spiro atoms. The van der Waals surface area contributed by atoms with Gasteiger partial charge in [0.05, 0.1) is 11.7 Å². The molecular formula is C16H22N4S. The number of aryl methyl sites for hydroxylation is 2. The molecule has 0 radical (unpaired) electrons. The first-order valence-corrected chi connectivity index (χ1v) is 7.73. The number of benzene rings is 1. The van der Waals surface area contributed by atoms with Crippen LogP contribution in [0.15, 0.2) is 36.5 Å². The second-order valence-electron chi connectivity index (χ2n) is 4.94. The van der Waals surface area contributed by atoms with E-state index in [4.69, 9.17) is 12.2 Å². The van der Waals surface area contributed by atoms with Gasteiger partial charge in [0.1, 0.15) is 0 Å². The van der Waals surface area contributed by atoms with Gasteiger partial charge in [-0.15, -0.1) is 0 Å².